The molecule has 1 aromatic carbocycles. The summed E-state index contributed by atoms with van der Waals surface area (Å²) < 4.78 is 5.48. The third kappa shape index (κ3) is 3.78. The van der Waals surface area contributed by atoms with E-state index in [-0.39, 0.29) is 0 Å². The maximum absolute atomic E-state index is 5.48. The highest BCUT2D eigenvalue weighted by Gasteiger charge is 2.22. The Hall–Kier alpha value is -0.900. The summed E-state index contributed by atoms with van der Waals surface area (Å²) in [5.74, 6) is 0. The fourth-order valence-electron chi connectivity index (χ4n) is 2.88. The molecule has 0 radical (unpaired) electrons. The lowest BCUT2D eigenvalue weighted by Crippen LogP contribution is -2.38. The summed E-state index contributed by atoms with van der Waals surface area (Å²) in [5, 5.41) is 3.44. The summed E-state index contributed by atoms with van der Waals surface area (Å²) in [4.78, 5) is 2.42. The van der Waals surface area contributed by atoms with Gasteiger partial charge in [0.15, 0.2) is 0 Å². The van der Waals surface area contributed by atoms with Crippen LogP contribution in [0.25, 0.3) is 0 Å². The van der Waals surface area contributed by atoms with Crippen molar-refractivity contribution in [3.8, 4) is 0 Å². The van der Waals surface area contributed by atoms with Gasteiger partial charge in [0.25, 0.3) is 0 Å². The molecule has 1 N–H and O–H groups in total. The van der Waals surface area contributed by atoms with E-state index in [0.717, 1.165) is 26.2 Å². The minimum absolute atomic E-state index is 0.379. The topological polar surface area (TPSA) is 24.5 Å². The number of benzene rings is 1. The van der Waals surface area contributed by atoms with Crippen LogP contribution < -0.4 is 5.32 Å². The third-order valence-electron chi connectivity index (χ3n) is 3.99. The fraction of sp³-hybridized carbons (Fsp3) is 0.625. The number of likely N-dealkylation sites (N-methyl/N-ethyl adjacent to an activating group) is 2. The molecule has 2 atom stereocenters. The van der Waals surface area contributed by atoms with E-state index in [1.165, 1.54) is 16.7 Å². The molecule has 1 heterocycles. The first-order chi connectivity index (χ1) is 9.10. The number of hydrogen-bond donors (Lipinski definition) is 1. The van der Waals surface area contributed by atoms with Crippen molar-refractivity contribution in [1.82, 2.24) is 10.2 Å². The predicted molar refractivity (Wildman–Crippen MR) is 79.6 cm³/mol. The molecule has 0 aromatic heterocycles. The second-order valence-electron chi connectivity index (χ2n) is 5.72. The Balaban J connectivity index is 2.06. The molecule has 0 bridgehead atoms. The Morgan fingerprint density at radius 1 is 1.32 bits per heavy atom. The maximum Gasteiger partial charge on any atom is 0.0622 e. The van der Waals surface area contributed by atoms with E-state index in [9.17, 15) is 0 Å². The molecule has 106 valence electrons. The van der Waals surface area contributed by atoms with Crippen molar-refractivity contribution in [2.45, 2.75) is 32.4 Å². The monoisotopic (exact) mass is 262 g/mol. The van der Waals surface area contributed by atoms with Gasteiger partial charge in [-0.1, -0.05) is 29.3 Å². The van der Waals surface area contributed by atoms with Crippen LogP contribution in [0.5, 0.6) is 0 Å². The molecule has 1 aromatic rings. The van der Waals surface area contributed by atoms with Crippen molar-refractivity contribution in [2.75, 3.05) is 33.9 Å². The van der Waals surface area contributed by atoms with Crippen LogP contribution in [0.3, 0.4) is 0 Å². The van der Waals surface area contributed by atoms with E-state index in [2.05, 4.69) is 49.3 Å². The molecule has 0 aliphatic carbocycles. The Labute approximate surface area is 116 Å². The standard InChI is InChI=1S/C16H26N2O/c1-12-7-13(2)9-14(8-12)16(17-3)10-18(4)15-5-6-19-11-15/h7-9,15-17H,5-6,10-11H2,1-4H3. The van der Waals surface area contributed by atoms with E-state index in [1.54, 1.807) is 0 Å². The van der Waals surface area contributed by atoms with Gasteiger partial charge < -0.3 is 10.1 Å². The first-order valence-electron chi connectivity index (χ1n) is 7.13. The number of ether oxygens (including phenoxy) is 1. The summed E-state index contributed by atoms with van der Waals surface area (Å²) >= 11 is 0. The Kier molecular flexibility index (Phi) is 4.97. The van der Waals surface area contributed by atoms with E-state index < -0.39 is 0 Å². The molecule has 1 fully saturated rings. The summed E-state index contributed by atoms with van der Waals surface area (Å²) in [6, 6.07) is 7.75. The molecular formula is C16H26N2O. The molecule has 1 aliphatic rings. The first kappa shape index (κ1) is 14.5. The van der Waals surface area contributed by atoms with E-state index >= 15 is 0 Å². The van der Waals surface area contributed by atoms with E-state index in [1.807, 2.05) is 7.05 Å². The van der Waals surface area contributed by atoms with Crippen molar-refractivity contribution < 1.29 is 4.74 Å². The molecule has 2 unspecified atom stereocenters. The molecular weight excluding hydrogens is 236 g/mol. The molecule has 2 rings (SSSR count). The molecule has 1 saturated heterocycles. The zero-order valence-electron chi connectivity index (χ0n) is 12.6. The summed E-state index contributed by atoms with van der Waals surface area (Å²) in [5.41, 5.74) is 4.05. The Bertz CT molecular complexity index is 393. The molecule has 0 spiro atoms. The van der Waals surface area contributed by atoms with Crippen LogP contribution in [-0.4, -0.2) is 44.8 Å². The zero-order chi connectivity index (χ0) is 13.8. The number of rotatable bonds is 5. The highest BCUT2D eigenvalue weighted by molar-refractivity contribution is 5.30. The third-order valence-corrected chi connectivity index (χ3v) is 3.99. The van der Waals surface area contributed by atoms with Gasteiger partial charge in [0.1, 0.15) is 0 Å². The SMILES string of the molecule is CNC(CN(C)C1CCOC1)c1cc(C)cc(C)c1. The lowest BCUT2D eigenvalue weighted by Gasteiger charge is -2.28. The van der Waals surface area contributed by atoms with Gasteiger partial charge in [0, 0.05) is 25.2 Å². The largest absolute Gasteiger partial charge is 0.380 e. The van der Waals surface area contributed by atoms with E-state index in [0.29, 0.717) is 12.1 Å². The predicted octanol–water partition coefficient (Wildman–Crippen LogP) is 2.28. The van der Waals surface area contributed by atoms with Gasteiger partial charge in [-0.3, -0.25) is 4.90 Å². The minimum Gasteiger partial charge on any atom is -0.380 e. The summed E-state index contributed by atoms with van der Waals surface area (Å²) in [6.45, 7) is 7.13. The van der Waals surface area contributed by atoms with Gasteiger partial charge >= 0.3 is 0 Å². The summed E-state index contributed by atoms with van der Waals surface area (Å²) in [6.07, 6.45) is 1.15. The number of nitrogens with one attached hydrogen (secondary N) is 1. The van der Waals surface area contributed by atoms with Crippen LogP contribution in [0.2, 0.25) is 0 Å². The Morgan fingerprint density at radius 3 is 2.53 bits per heavy atom. The van der Waals surface area contributed by atoms with Gasteiger partial charge in [-0.15, -0.1) is 0 Å². The second kappa shape index (κ2) is 6.51. The lowest BCUT2D eigenvalue weighted by molar-refractivity contribution is 0.153. The Morgan fingerprint density at radius 2 is 2.00 bits per heavy atom. The van der Waals surface area contributed by atoms with Gasteiger partial charge in [0.05, 0.1) is 6.61 Å². The zero-order valence-corrected chi connectivity index (χ0v) is 12.6. The molecule has 0 saturated carbocycles. The van der Waals surface area contributed by atoms with Gasteiger partial charge in [-0.25, -0.2) is 0 Å². The van der Waals surface area contributed by atoms with Crippen molar-refractivity contribution >= 4 is 0 Å². The molecule has 3 heteroatoms. The maximum atomic E-state index is 5.48. The smallest absolute Gasteiger partial charge is 0.0622 e. The minimum atomic E-state index is 0.379. The van der Waals surface area contributed by atoms with Gasteiger partial charge in [0.2, 0.25) is 0 Å². The van der Waals surface area contributed by atoms with Crippen molar-refractivity contribution in [1.29, 1.82) is 0 Å². The van der Waals surface area contributed by atoms with Crippen LogP contribution in [0.15, 0.2) is 18.2 Å². The number of hydrogen-bond acceptors (Lipinski definition) is 3. The molecule has 3 nitrogen and oxygen atoms in total. The van der Waals surface area contributed by atoms with Crippen molar-refractivity contribution in [2.24, 2.45) is 0 Å². The van der Waals surface area contributed by atoms with Crippen molar-refractivity contribution in [3.63, 3.8) is 0 Å². The highest BCUT2D eigenvalue weighted by Crippen LogP contribution is 2.20. The number of nitrogens with zero attached hydrogens (tertiary/aromatic N) is 1. The molecule has 19 heavy (non-hydrogen) atoms. The second-order valence-corrected chi connectivity index (χ2v) is 5.72. The highest BCUT2D eigenvalue weighted by atomic mass is 16.5. The summed E-state index contributed by atoms with van der Waals surface area (Å²) in [7, 11) is 4.24. The van der Waals surface area contributed by atoms with Crippen LogP contribution in [0, 0.1) is 13.8 Å². The van der Waals surface area contributed by atoms with Gasteiger partial charge in [-0.2, -0.15) is 0 Å². The lowest BCUT2D eigenvalue weighted by atomic mass is 10.0. The van der Waals surface area contributed by atoms with E-state index in [4.69, 9.17) is 4.74 Å². The van der Waals surface area contributed by atoms with Crippen LogP contribution in [0.4, 0.5) is 0 Å². The quantitative estimate of drug-likeness (QED) is 0.881. The molecule has 1 aliphatic heterocycles. The van der Waals surface area contributed by atoms with Crippen LogP contribution >= 0.6 is 0 Å². The average Bonchev–Trinajstić information content (AvgIpc) is 2.88. The number of aryl methyl sites for hydroxylation is 2. The fourth-order valence-corrected chi connectivity index (χ4v) is 2.88. The van der Waals surface area contributed by atoms with Gasteiger partial charge in [-0.05, 0) is 39.9 Å². The first-order valence-corrected chi connectivity index (χ1v) is 7.13. The normalized spacial score (nSPS) is 21.0. The average molecular weight is 262 g/mol. The van der Waals surface area contributed by atoms with Crippen molar-refractivity contribution in [3.05, 3.63) is 34.9 Å². The van der Waals surface area contributed by atoms with Crippen LogP contribution in [0.1, 0.15) is 29.2 Å². The molecule has 0 amide bonds. The van der Waals surface area contributed by atoms with Crippen LogP contribution in [-0.2, 0) is 4.74 Å².